The molecule has 3 aromatic carbocycles. The van der Waals surface area contributed by atoms with Crippen LogP contribution in [0.15, 0.2) is 84.0 Å². The topological polar surface area (TPSA) is 79.3 Å². The van der Waals surface area contributed by atoms with Gasteiger partial charge in [0, 0.05) is 6.42 Å². The molecule has 0 saturated carbocycles. The van der Waals surface area contributed by atoms with Crippen LogP contribution in [-0.2, 0) is 4.79 Å². The molecule has 0 unspecified atom stereocenters. The molecule has 2 heterocycles. The molecule has 3 aromatic rings. The van der Waals surface area contributed by atoms with Gasteiger partial charge < -0.3 is 4.74 Å². The van der Waals surface area contributed by atoms with Crippen molar-refractivity contribution in [1.82, 2.24) is 9.91 Å². The molecule has 1 atom stereocenters. The van der Waals surface area contributed by atoms with Crippen LogP contribution in [-0.4, -0.2) is 47.0 Å². The van der Waals surface area contributed by atoms with Gasteiger partial charge in [-0.25, -0.2) is 5.01 Å². The summed E-state index contributed by atoms with van der Waals surface area (Å²) in [6.45, 7) is -0.370. The van der Waals surface area contributed by atoms with Crippen molar-refractivity contribution in [3.8, 4) is 5.75 Å². The van der Waals surface area contributed by atoms with E-state index in [1.54, 1.807) is 31.4 Å². The van der Waals surface area contributed by atoms with E-state index in [0.29, 0.717) is 23.3 Å². The summed E-state index contributed by atoms with van der Waals surface area (Å²) in [5.74, 6) is -0.631. The molecule has 0 bridgehead atoms. The van der Waals surface area contributed by atoms with Crippen LogP contribution in [0.5, 0.6) is 5.75 Å². The zero-order valence-corrected chi connectivity index (χ0v) is 18.0. The minimum absolute atomic E-state index is 0.317. The molecule has 164 valence electrons. The van der Waals surface area contributed by atoms with E-state index in [-0.39, 0.29) is 12.6 Å². The first-order chi connectivity index (χ1) is 16.1. The van der Waals surface area contributed by atoms with Crippen molar-refractivity contribution in [3.05, 3.63) is 101 Å². The molecule has 7 heteroatoms. The van der Waals surface area contributed by atoms with Gasteiger partial charge in [0.1, 0.15) is 12.3 Å². The van der Waals surface area contributed by atoms with Crippen molar-refractivity contribution in [1.29, 1.82) is 0 Å². The predicted molar refractivity (Wildman–Crippen MR) is 122 cm³/mol. The van der Waals surface area contributed by atoms with E-state index in [9.17, 15) is 14.4 Å². The number of imide groups is 1. The first-order valence-electron chi connectivity index (χ1n) is 10.6. The molecule has 0 aliphatic carbocycles. The highest BCUT2D eigenvalue weighted by Crippen LogP contribution is 2.34. The van der Waals surface area contributed by atoms with E-state index < -0.39 is 17.7 Å². The third-order valence-corrected chi connectivity index (χ3v) is 5.95. The van der Waals surface area contributed by atoms with Crippen molar-refractivity contribution in [2.24, 2.45) is 5.10 Å². The minimum Gasteiger partial charge on any atom is -0.497 e. The third-order valence-electron chi connectivity index (χ3n) is 5.95. The van der Waals surface area contributed by atoms with Crippen LogP contribution >= 0.6 is 0 Å². The Morgan fingerprint density at radius 3 is 2.12 bits per heavy atom. The first kappa shape index (κ1) is 20.6. The van der Waals surface area contributed by atoms with Gasteiger partial charge >= 0.3 is 0 Å². The molecule has 0 fully saturated rings. The van der Waals surface area contributed by atoms with Gasteiger partial charge in [0.2, 0.25) is 0 Å². The summed E-state index contributed by atoms with van der Waals surface area (Å²) >= 11 is 0. The Hall–Kier alpha value is -4.26. The molecule has 0 aromatic heterocycles. The van der Waals surface area contributed by atoms with E-state index in [4.69, 9.17) is 4.74 Å². The lowest BCUT2D eigenvalue weighted by atomic mass is 9.98. The normalized spacial score (nSPS) is 17.2. The smallest absolute Gasteiger partial charge is 0.263 e. The number of carbonyl (C=O) groups excluding carboxylic acids is 3. The maximum Gasteiger partial charge on any atom is 0.263 e. The predicted octanol–water partition coefficient (Wildman–Crippen LogP) is 3.67. The number of ether oxygens (including phenoxy) is 1. The summed E-state index contributed by atoms with van der Waals surface area (Å²) < 4.78 is 5.25. The molecule has 0 saturated heterocycles. The second-order valence-electron chi connectivity index (χ2n) is 7.89. The third kappa shape index (κ3) is 3.67. The summed E-state index contributed by atoms with van der Waals surface area (Å²) in [6.07, 6.45) is 0.518. The second kappa shape index (κ2) is 8.35. The minimum atomic E-state index is -0.462. The largest absolute Gasteiger partial charge is 0.497 e. The lowest BCUT2D eigenvalue weighted by Gasteiger charge is -2.24. The molecule has 0 radical (unpaired) electrons. The fourth-order valence-electron chi connectivity index (χ4n) is 4.22. The zero-order chi connectivity index (χ0) is 22.9. The van der Waals surface area contributed by atoms with Gasteiger partial charge in [0.05, 0.1) is 30.0 Å². The van der Waals surface area contributed by atoms with Gasteiger partial charge in [0.25, 0.3) is 17.7 Å². The van der Waals surface area contributed by atoms with E-state index >= 15 is 0 Å². The molecule has 0 N–H and O–H groups in total. The molecule has 2 aliphatic rings. The molecule has 33 heavy (non-hydrogen) atoms. The van der Waals surface area contributed by atoms with Crippen LogP contribution in [0.25, 0.3) is 0 Å². The number of hydrazone groups is 1. The molecule has 2 aliphatic heterocycles. The van der Waals surface area contributed by atoms with Gasteiger partial charge in [-0.1, -0.05) is 54.6 Å². The van der Waals surface area contributed by atoms with Crippen LogP contribution in [0, 0.1) is 0 Å². The van der Waals surface area contributed by atoms with Gasteiger partial charge in [-0.15, -0.1) is 0 Å². The average Bonchev–Trinajstić information content (AvgIpc) is 3.41. The highest BCUT2D eigenvalue weighted by Gasteiger charge is 2.40. The number of carbonyl (C=O) groups is 3. The fraction of sp³-hybridized carbons (Fsp3) is 0.154. The average molecular weight is 439 g/mol. The van der Waals surface area contributed by atoms with Crippen molar-refractivity contribution in [2.45, 2.75) is 12.5 Å². The Labute approximate surface area is 190 Å². The number of benzene rings is 3. The summed E-state index contributed by atoms with van der Waals surface area (Å²) in [5, 5.41) is 6.02. The molecule has 0 spiro atoms. The fourth-order valence-corrected chi connectivity index (χ4v) is 4.22. The van der Waals surface area contributed by atoms with Crippen LogP contribution in [0.1, 0.15) is 44.3 Å². The Morgan fingerprint density at radius 1 is 0.909 bits per heavy atom. The van der Waals surface area contributed by atoms with Crippen LogP contribution in [0.3, 0.4) is 0 Å². The Morgan fingerprint density at radius 2 is 1.52 bits per heavy atom. The number of hydrogen-bond acceptors (Lipinski definition) is 5. The number of methoxy groups -OCH3 is 1. The second-order valence-corrected chi connectivity index (χ2v) is 7.89. The number of fused-ring (bicyclic) bond motifs is 1. The first-order valence-corrected chi connectivity index (χ1v) is 10.6. The Balaban J connectivity index is 1.44. The van der Waals surface area contributed by atoms with E-state index in [1.165, 1.54) is 5.01 Å². The maximum atomic E-state index is 13.4. The molecule has 7 nitrogen and oxygen atoms in total. The Kier molecular flexibility index (Phi) is 5.22. The van der Waals surface area contributed by atoms with Crippen LogP contribution < -0.4 is 4.74 Å². The highest BCUT2D eigenvalue weighted by molar-refractivity contribution is 6.22. The number of hydrogen-bond donors (Lipinski definition) is 0. The summed E-state index contributed by atoms with van der Waals surface area (Å²) in [6, 6.07) is 23.4. The van der Waals surface area contributed by atoms with Crippen molar-refractivity contribution < 1.29 is 19.1 Å². The SMILES string of the molecule is COc1ccc([C@H]2CC(c3ccccc3)=NN2C(=O)CN2C(=O)c3ccccc3C2=O)cc1. The highest BCUT2D eigenvalue weighted by atomic mass is 16.5. The standard InChI is InChI=1S/C26H21N3O4/c1-33-19-13-11-18(12-14-19)23-15-22(17-7-3-2-4-8-17)27-29(23)24(30)16-28-25(31)20-9-5-6-10-21(20)26(28)32/h2-14,23H,15-16H2,1H3/t23-/m1/s1. The summed E-state index contributed by atoms with van der Waals surface area (Å²) in [5.41, 5.74) is 3.22. The molecular weight excluding hydrogens is 418 g/mol. The van der Waals surface area contributed by atoms with Crippen molar-refractivity contribution in [3.63, 3.8) is 0 Å². The van der Waals surface area contributed by atoms with Gasteiger partial charge in [0.15, 0.2) is 0 Å². The van der Waals surface area contributed by atoms with Crippen LogP contribution in [0.2, 0.25) is 0 Å². The maximum absolute atomic E-state index is 13.4. The Bertz CT molecular complexity index is 1230. The van der Waals surface area contributed by atoms with E-state index in [2.05, 4.69) is 5.10 Å². The van der Waals surface area contributed by atoms with E-state index in [0.717, 1.165) is 21.7 Å². The lowest BCUT2D eigenvalue weighted by Crippen LogP contribution is -2.41. The van der Waals surface area contributed by atoms with Gasteiger partial charge in [-0.3, -0.25) is 19.3 Å². The van der Waals surface area contributed by atoms with Crippen molar-refractivity contribution in [2.75, 3.05) is 13.7 Å². The number of rotatable bonds is 5. The van der Waals surface area contributed by atoms with Crippen molar-refractivity contribution >= 4 is 23.4 Å². The quantitative estimate of drug-likeness (QED) is 0.569. The monoisotopic (exact) mass is 439 g/mol. The van der Waals surface area contributed by atoms with E-state index in [1.807, 2.05) is 54.6 Å². The zero-order valence-electron chi connectivity index (χ0n) is 18.0. The lowest BCUT2D eigenvalue weighted by molar-refractivity contribution is -0.133. The molecule has 3 amide bonds. The molecule has 5 rings (SSSR count). The van der Waals surface area contributed by atoms with Gasteiger partial charge in [-0.2, -0.15) is 5.10 Å². The van der Waals surface area contributed by atoms with Crippen LogP contribution in [0.4, 0.5) is 0 Å². The number of amides is 3. The summed E-state index contributed by atoms with van der Waals surface area (Å²) in [7, 11) is 1.60. The van der Waals surface area contributed by atoms with Gasteiger partial charge in [-0.05, 0) is 35.4 Å². The number of nitrogens with zero attached hydrogens (tertiary/aromatic N) is 3. The summed E-state index contributed by atoms with van der Waals surface area (Å²) in [4.78, 5) is 39.9. The molecular formula is C26H21N3O4.